The predicted octanol–water partition coefficient (Wildman–Crippen LogP) is 2.68. The van der Waals surface area contributed by atoms with Gasteiger partial charge in [0, 0.05) is 11.8 Å². The third-order valence-electron chi connectivity index (χ3n) is 2.53. The van der Waals surface area contributed by atoms with E-state index in [1.54, 1.807) is 6.20 Å². The third kappa shape index (κ3) is 2.11. The summed E-state index contributed by atoms with van der Waals surface area (Å²) in [4.78, 5) is 5.36. The van der Waals surface area contributed by atoms with E-state index >= 15 is 0 Å². The molecule has 1 aromatic carbocycles. The smallest absolute Gasteiger partial charge is 0.134 e. The normalized spacial score (nSPS) is 18.9. The number of benzene rings is 1. The maximum Gasteiger partial charge on any atom is 0.134 e. The average Bonchev–Trinajstić information content (AvgIpc) is 2.98. The minimum absolute atomic E-state index is 0.0955. The quantitative estimate of drug-likeness (QED) is 0.865. The zero-order valence-electron chi connectivity index (χ0n) is 8.88. The molecule has 0 spiro atoms. The Balaban J connectivity index is 1.89. The van der Waals surface area contributed by atoms with Crippen LogP contribution in [0.4, 0.5) is 0 Å². The number of para-hydroxylation sites is 1. The van der Waals surface area contributed by atoms with Crippen molar-refractivity contribution in [2.24, 2.45) is 0 Å². The Hall–Kier alpha value is -1.59. The lowest BCUT2D eigenvalue weighted by atomic mass is 10.2. The zero-order chi connectivity index (χ0) is 11.7. The van der Waals surface area contributed by atoms with Gasteiger partial charge in [0.1, 0.15) is 10.7 Å². The van der Waals surface area contributed by atoms with E-state index in [9.17, 15) is 0 Å². The van der Waals surface area contributed by atoms with Crippen molar-refractivity contribution in [1.82, 2.24) is 15.3 Å². The van der Waals surface area contributed by atoms with Crippen LogP contribution in [0.3, 0.4) is 0 Å². The predicted molar refractivity (Wildman–Crippen MR) is 67.5 cm³/mol. The minimum Gasteiger partial charge on any atom is -0.263 e. The number of halogens is 1. The van der Waals surface area contributed by atoms with Gasteiger partial charge in [-0.2, -0.15) is 5.10 Å². The first-order chi connectivity index (χ1) is 8.33. The lowest BCUT2D eigenvalue weighted by Crippen LogP contribution is -2.04. The van der Waals surface area contributed by atoms with Crippen molar-refractivity contribution in [3.05, 3.63) is 59.0 Å². The van der Waals surface area contributed by atoms with Crippen LogP contribution < -0.4 is 5.48 Å². The lowest BCUT2D eigenvalue weighted by molar-refractivity contribution is 0.0458. The third-order valence-corrected chi connectivity index (χ3v) is 2.96. The topological polar surface area (TPSA) is 39.1 Å². The molecule has 1 atom stereocenters. The highest BCUT2D eigenvalue weighted by atomic mass is 79.9. The molecule has 2 heterocycles. The molecule has 0 aliphatic carbocycles. The average molecular weight is 292 g/mol. The summed E-state index contributed by atoms with van der Waals surface area (Å²) in [5.74, 6) is 0. The van der Waals surface area contributed by atoms with Gasteiger partial charge in [0.25, 0.3) is 0 Å². The van der Waals surface area contributed by atoms with E-state index in [-0.39, 0.29) is 6.10 Å². The fourth-order valence-electron chi connectivity index (χ4n) is 1.69. The molecule has 0 fully saturated rings. The van der Waals surface area contributed by atoms with E-state index in [1.807, 2.05) is 47.3 Å². The number of hydrogen-bond donors (Lipinski definition) is 1. The molecule has 1 N–H and O–H groups in total. The molecule has 5 heteroatoms. The van der Waals surface area contributed by atoms with Crippen LogP contribution in [-0.2, 0) is 4.84 Å². The summed E-state index contributed by atoms with van der Waals surface area (Å²) in [7, 11) is 0. The van der Waals surface area contributed by atoms with Crippen LogP contribution in [0.2, 0.25) is 0 Å². The van der Waals surface area contributed by atoms with Gasteiger partial charge < -0.3 is 0 Å². The Kier molecular flexibility index (Phi) is 2.70. The monoisotopic (exact) mass is 291 g/mol. The van der Waals surface area contributed by atoms with Gasteiger partial charge >= 0.3 is 0 Å². The molecule has 0 saturated carbocycles. The molecule has 0 amide bonds. The molecule has 0 bridgehead atoms. The summed E-state index contributed by atoms with van der Waals surface area (Å²) >= 11 is 3.33. The van der Waals surface area contributed by atoms with E-state index in [1.165, 1.54) is 0 Å². The molecule has 17 heavy (non-hydrogen) atoms. The highest BCUT2D eigenvalue weighted by molar-refractivity contribution is 9.11. The van der Waals surface area contributed by atoms with Crippen LogP contribution in [0.15, 0.2) is 53.4 Å². The number of hydrogen-bond acceptors (Lipinski definition) is 3. The summed E-state index contributed by atoms with van der Waals surface area (Å²) in [6.45, 7) is 0. The second kappa shape index (κ2) is 4.35. The SMILES string of the molecule is BrC1=C[C@H](c2cnn(-c3ccccc3)c2)ON1. The lowest BCUT2D eigenvalue weighted by Gasteiger charge is -2.03. The van der Waals surface area contributed by atoms with E-state index in [2.05, 4.69) is 26.5 Å². The first-order valence-corrected chi connectivity index (χ1v) is 6.01. The van der Waals surface area contributed by atoms with E-state index < -0.39 is 0 Å². The summed E-state index contributed by atoms with van der Waals surface area (Å²) < 4.78 is 2.67. The van der Waals surface area contributed by atoms with Crippen molar-refractivity contribution < 1.29 is 4.84 Å². The van der Waals surface area contributed by atoms with Gasteiger partial charge in [-0.05, 0) is 34.1 Å². The summed E-state index contributed by atoms with van der Waals surface area (Å²) in [5.41, 5.74) is 4.80. The molecule has 1 aliphatic rings. The fraction of sp³-hybridized carbons (Fsp3) is 0.0833. The maximum atomic E-state index is 5.36. The van der Waals surface area contributed by atoms with Crippen molar-refractivity contribution in [2.75, 3.05) is 0 Å². The molecule has 1 aliphatic heterocycles. The first kappa shape index (κ1) is 10.6. The van der Waals surface area contributed by atoms with Gasteiger partial charge in [-0.15, -0.1) is 0 Å². The Bertz CT molecular complexity index is 550. The van der Waals surface area contributed by atoms with Gasteiger partial charge in [0.05, 0.1) is 11.9 Å². The van der Waals surface area contributed by atoms with E-state index in [4.69, 9.17) is 4.84 Å². The van der Waals surface area contributed by atoms with Gasteiger partial charge in [-0.25, -0.2) is 4.68 Å². The van der Waals surface area contributed by atoms with Crippen molar-refractivity contribution in [3.8, 4) is 5.69 Å². The molecule has 0 unspecified atom stereocenters. The van der Waals surface area contributed by atoms with Crippen molar-refractivity contribution in [1.29, 1.82) is 0 Å². The van der Waals surface area contributed by atoms with Gasteiger partial charge in [0.15, 0.2) is 0 Å². The minimum atomic E-state index is -0.0955. The summed E-state index contributed by atoms with van der Waals surface area (Å²) in [6, 6.07) is 9.98. The molecule has 0 saturated heterocycles. The van der Waals surface area contributed by atoms with E-state index in [0.717, 1.165) is 15.9 Å². The van der Waals surface area contributed by atoms with Crippen LogP contribution in [0.1, 0.15) is 11.7 Å². The Morgan fingerprint density at radius 1 is 1.29 bits per heavy atom. The van der Waals surface area contributed by atoms with Crippen LogP contribution >= 0.6 is 15.9 Å². The Labute approximate surface area is 107 Å². The summed E-state index contributed by atoms with van der Waals surface area (Å²) in [5, 5.41) is 4.32. The van der Waals surface area contributed by atoms with Crippen molar-refractivity contribution in [2.45, 2.75) is 6.10 Å². The van der Waals surface area contributed by atoms with Gasteiger partial charge in [-0.1, -0.05) is 18.2 Å². The van der Waals surface area contributed by atoms with Gasteiger partial charge in [0.2, 0.25) is 0 Å². The zero-order valence-corrected chi connectivity index (χ0v) is 10.5. The number of hydroxylamine groups is 1. The second-order valence-corrected chi connectivity index (χ2v) is 4.56. The first-order valence-electron chi connectivity index (χ1n) is 5.22. The number of rotatable bonds is 2. The van der Waals surface area contributed by atoms with Crippen molar-refractivity contribution >= 4 is 15.9 Å². The summed E-state index contributed by atoms with van der Waals surface area (Å²) in [6.07, 6.45) is 5.62. The molecule has 0 radical (unpaired) electrons. The fourth-order valence-corrected chi connectivity index (χ4v) is 2.02. The van der Waals surface area contributed by atoms with Crippen LogP contribution in [-0.4, -0.2) is 9.78 Å². The Morgan fingerprint density at radius 2 is 2.12 bits per heavy atom. The molecular formula is C12H10BrN3O. The molecule has 4 nitrogen and oxygen atoms in total. The molecule has 1 aromatic heterocycles. The second-order valence-electron chi connectivity index (χ2n) is 3.71. The van der Waals surface area contributed by atoms with Crippen LogP contribution in [0.5, 0.6) is 0 Å². The van der Waals surface area contributed by atoms with Gasteiger partial charge in [-0.3, -0.25) is 10.3 Å². The highest BCUT2D eigenvalue weighted by Crippen LogP contribution is 2.26. The van der Waals surface area contributed by atoms with Crippen LogP contribution in [0, 0.1) is 0 Å². The molecule has 2 aromatic rings. The van der Waals surface area contributed by atoms with Crippen molar-refractivity contribution in [3.63, 3.8) is 0 Å². The Morgan fingerprint density at radius 3 is 2.82 bits per heavy atom. The molecule has 86 valence electrons. The number of aromatic nitrogens is 2. The van der Waals surface area contributed by atoms with Crippen LogP contribution in [0.25, 0.3) is 5.69 Å². The number of nitrogens with one attached hydrogen (secondary N) is 1. The standard InChI is InChI=1S/C12H10BrN3O/c13-12-6-11(17-15-12)9-7-14-16(8-9)10-4-2-1-3-5-10/h1-8,11,15H/t11-/m1/s1. The number of nitrogens with zero attached hydrogens (tertiary/aromatic N) is 2. The highest BCUT2D eigenvalue weighted by Gasteiger charge is 2.18. The molecule has 3 rings (SSSR count). The molecular weight excluding hydrogens is 282 g/mol. The van der Waals surface area contributed by atoms with E-state index in [0.29, 0.717) is 0 Å². The largest absolute Gasteiger partial charge is 0.263 e. The maximum absolute atomic E-state index is 5.36.